The minimum Gasteiger partial charge on any atom is -0.444 e. The normalized spacial score (nSPS) is 22.8. The lowest BCUT2D eigenvalue weighted by Gasteiger charge is -2.25. The molecule has 1 saturated heterocycles. The predicted molar refractivity (Wildman–Crippen MR) is 92.0 cm³/mol. The van der Waals surface area contributed by atoms with E-state index < -0.39 is 0 Å². The number of aromatic nitrogens is 3. The van der Waals surface area contributed by atoms with Crippen LogP contribution in [0.25, 0.3) is 0 Å². The summed E-state index contributed by atoms with van der Waals surface area (Å²) in [6, 6.07) is 0.664. The number of nitrogens with zero attached hydrogens (tertiary/aromatic N) is 5. The SMILES string of the molecule is CCc1cnc(CN(C)[C@@H]2CCN([C@H](C)c3nc(C4CC4)no3)C2)o1. The zero-order valence-corrected chi connectivity index (χ0v) is 15.3. The molecule has 7 heteroatoms. The van der Waals surface area contributed by atoms with Crippen LogP contribution in [-0.2, 0) is 13.0 Å². The van der Waals surface area contributed by atoms with E-state index in [1.165, 1.54) is 12.8 Å². The molecule has 136 valence electrons. The molecule has 2 atom stereocenters. The van der Waals surface area contributed by atoms with Gasteiger partial charge in [0.15, 0.2) is 5.82 Å². The Bertz CT molecular complexity index is 708. The Hall–Kier alpha value is -1.73. The molecule has 7 nitrogen and oxygen atoms in total. The van der Waals surface area contributed by atoms with Gasteiger partial charge >= 0.3 is 0 Å². The maximum atomic E-state index is 5.74. The average molecular weight is 345 g/mol. The molecule has 3 heterocycles. The van der Waals surface area contributed by atoms with Crippen LogP contribution in [-0.4, -0.2) is 51.1 Å². The molecule has 0 aromatic carbocycles. The Morgan fingerprint density at radius 3 is 2.92 bits per heavy atom. The highest BCUT2D eigenvalue weighted by Crippen LogP contribution is 2.38. The molecular formula is C18H27N5O2. The van der Waals surface area contributed by atoms with Crippen molar-refractivity contribution in [1.82, 2.24) is 24.9 Å². The van der Waals surface area contributed by atoms with Gasteiger partial charge in [-0.05, 0) is 33.2 Å². The number of hydrogen-bond acceptors (Lipinski definition) is 7. The Kier molecular flexibility index (Phi) is 4.60. The van der Waals surface area contributed by atoms with Gasteiger partial charge in [0.2, 0.25) is 11.8 Å². The predicted octanol–water partition coefficient (Wildman–Crippen LogP) is 2.76. The maximum Gasteiger partial charge on any atom is 0.243 e. The fourth-order valence-corrected chi connectivity index (χ4v) is 3.49. The lowest BCUT2D eigenvalue weighted by Crippen LogP contribution is -2.35. The summed E-state index contributed by atoms with van der Waals surface area (Å²) < 4.78 is 11.2. The van der Waals surface area contributed by atoms with E-state index in [1.807, 2.05) is 6.20 Å². The summed E-state index contributed by atoms with van der Waals surface area (Å²) in [5.41, 5.74) is 0. The number of likely N-dealkylation sites (N-methyl/N-ethyl adjacent to an activating group) is 1. The van der Waals surface area contributed by atoms with E-state index in [2.05, 4.69) is 45.8 Å². The fraction of sp³-hybridized carbons (Fsp3) is 0.722. The molecule has 2 aliphatic rings. The number of aryl methyl sites for hydroxylation is 1. The molecule has 2 aromatic rings. The number of rotatable bonds is 7. The van der Waals surface area contributed by atoms with E-state index in [4.69, 9.17) is 8.94 Å². The second kappa shape index (κ2) is 6.88. The highest BCUT2D eigenvalue weighted by molar-refractivity contribution is 5.05. The van der Waals surface area contributed by atoms with E-state index in [9.17, 15) is 0 Å². The molecular weight excluding hydrogens is 318 g/mol. The van der Waals surface area contributed by atoms with E-state index >= 15 is 0 Å². The molecule has 0 amide bonds. The molecule has 0 spiro atoms. The first-order valence-corrected chi connectivity index (χ1v) is 9.35. The quantitative estimate of drug-likeness (QED) is 0.764. The summed E-state index contributed by atoms with van der Waals surface area (Å²) in [7, 11) is 2.15. The molecule has 2 aromatic heterocycles. The molecule has 0 unspecified atom stereocenters. The van der Waals surface area contributed by atoms with Gasteiger partial charge in [0.1, 0.15) is 5.76 Å². The summed E-state index contributed by atoms with van der Waals surface area (Å²) in [6.45, 7) is 7.03. The summed E-state index contributed by atoms with van der Waals surface area (Å²) in [5.74, 6) is 3.94. The lowest BCUT2D eigenvalue weighted by atomic mass is 10.2. The molecule has 0 radical (unpaired) electrons. The van der Waals surface area contributed by atoms with E-state index in [0.717, 1.165) is 55.8 Å². The highest BCUT2D eigenvalue weighted by Gasteiger charge is 2.34. The first-order chi connectivity index (χ1) is 12.1. The molecule has 0 bridgehead atoms. The van der Waals surface area contributed by atoms with E-state index in [1.54, 1.807) is 0 Å². The van der Waals surface area contributed by atoms with Gasteiger partial charge in [-0.3, -0.25) is 9.80 Å². The second-order valence-electron chi connectivity index (χ2n) is 7.37. The first-order valence-electron chi connectivity index (χ1n) is 9.35. The Morgan fingerprint density at radius 1 is 1.36 bits per heavy atom. The number of likely N-dealkylation sites (tertiary alicyclic amines) is 1. The highest BCUT2D eigenvalue weighted by atomic mass is 16.5. The summed E-state index contributed by atoms with van der Waals surface area (Å²) in [4.78, 5) is 13.7. The molecule has 1 aliphatic heterocycles. The summed E-state index contributed by atoms with van der Waals surface area (Å²) in [5, 5.41) is 4.15. The van der Waals surface area contributed by atoms with Crippen LogP contribution in [0.4, 0.5) is 0 Å². The first kappa shape index (κ1) is 16.7. The van der Waals surface area contributed by atoms with Crippen molar-refractivity contribution < 1.29 is 8.94 Å². The minimum atomic E-state index is 0.173. The van der Waals surface area contributed by atoms with Gasteiger partial charge in [0, 0.05) is 31.5 Å². The summed E-state index contributed by atoms with van der Waals surface area (Å²) in [6.07, 6.45) is 6.25. The maximum absolute atomic E-state index is 5.74. The Balaban J connectivity index is 1.33. The summed E-state index contributed by atoms with van der Waals surface area (Å²) >= 11 is 0. The van der Waals surface area contributed by atoms with Crippen molar-refractivity contribution in [3.63, 3.8) is 0 Å². The van der Waals surface area contributed by atoms with Crippen molar-refractivity contribution in [2.24, 2.45) is 0 Å². The van der Waals surface area contributed by atoms with Crippen molar-refractivity contribution in [1.29, 1.82) is 0 Å². The van der Waals surface area contributed by atoms with Crippen LogP contribution in [0.1, 0.15) is 68.4 Å². The molecule has 25 heavy (non-hydrogen) atoms. The topological polar surface area (TPSA) is 71.4 Å². The van der Waals surface area contributed by atoms with Gasteiger partial charge in [-0.25, -0.2) is 4.98 Å². The van der Waals surface area contributed by atoms with Crippen LogP contribution in [0, 0.1) is 0 Å². The second-order valence-corrected chi connectivity index (χ2v) is 7.37. The smallest absolute Gasteiger partial charge is 0.243 e. The van der Waals surface area contributed by atoms with Crippen LogP contribution in [0.3, 0.4) is 0 Å². The van der Waals surface area contributed by atoms with Gasteiger partial charge in [0.05, 0.1) is 18.8 Å². The van der Waals surface area contributed by atoms with Gasteiger partial charge in [-0.15, -0.1) is 0 Å². The monoisotopic (exact) mass is 345 g/mol. The third-order valence-electron chi connectivity index (χ3n) is 5.46. The van der Waals surface area contributed by atoms with Crippen molar-refractivity contribution in [2.75, 3.05) is 20.1 Å². The largest absolute Gasteiger partial charge is 0.444 e. The molecule has 0 N–H and O–H groups in total. The van der Waals surface area contributed by atoms with Gasteiger partial charge < -0.3 is 8.94 Å². The minimum absolute atomic E-state index is 0.173. The van der Waals surface area contributed by atoms with Gasteiger partial charge in [-0.1, -0.05) is 12.1 Å². The zero-order valence-electron chi connectivity index (χ0n) is 15.3. The molecule has 2 fully saturated rings. The van der Waals surface area contributed by atoms with E-state index in [0.29, 0.717) is 12.0 Å². The van der Waals surface area contributed by atoms with Crippen LogP contribution in [0.2, 0.25) is 0 Å². The standard InChI is InChI=1S/C18H27N5O2/c1-4-15-9-19-16(24-15)11-22(3)14-7-8-23(10-14)12(2)18-20-17(21-25-18)13-5-6-13/h9,12-14H,4-8,10-11H2,1-3H3/t12-,14-/m1/s1. The third-order valence-corrected chi connectivity index (χ3v) is 5.46. The zero-order chi connectivity index (χ0) is 17.4. The molecule has 1 aliphatic carbocycles. The molecule has 4 rings (SSSR count). The number of hydrogen-bond donors (Lipinski definition) is 0. The van der Waals surface area contributed by atoms with Crippen molar-refractivity contribution >= 4 is 0 Å². The lowest BCUT2D eigenvalue weighted by molar-refractivity contribution is 0.172. The van der Waals surface area contributed by atoms with Crippen LogP contribution < -0.4 is 0 Å². The third kappa shape index (κ3) is 3.62. The van der Waals surface area contributed by atoms with Crippen LogP contribution in [0.5, 0.6) is 0 Å². The fourth-order valence-electron chi connectivity index (χ4n) is 3.49. The van der Waals surface area contributed by atoms with Gasteiger partial charge in [0.25, 0.3) is 0 Å². The van der Waals surface area contributed by atoms with Crippen molar-refractivity contribution in [3.05, 3.63) is 29.6 Å². The van der Waals surface area contributed by atoms with Crippen LogP contribution >= 0.6 is 0 Å². The van der Waals surface area contributed by atoms with Gasteiger partial charge in [-0.2, -0.15) is 4.98 Å². The van der Waals surface area contributed by atoms with Crippen molar-refractivity contribution in [2.45, 2.75) is 64.1 Å². The van der Waals surface area contributed by atoms with Crippen LogP contribution in [0.15, 0.2) is 15.1 Å². The Labute approximate surface area is 148 Å². The van der Waals surface area contributed by atoms with Crippen molar-refractivity contribution in [3.8, 4) is 0 Å². The number of oxazole rings is 1. The van der Waals surface area contributed by atoms with E-state index in [-0.39, 0.29) is 6.04 Å². The molecule has 1 saturated carbocycles. The average Bonchev–Trinajstić information content (AvgIpc) is 3.07. The Morgan fingerprint density at radius 2 is 2.20 bits per heavy atom.